The van der Waals surface area contributed by atoms with Crippen LogP contribution in [0.15, 0.2) is 17.5 Å². The van der Waals surface area contributed by atoms with Crippen LogP contribution in [0.3, 0.4) is 0 Å². The smallest absolute Gasteiger partial charge is 0.0648 e. The van der Waals surface area contributed by atoms with Gasteiger partial charge in [0, 0.05) is 11.4 Å². The molecule has 1 aliphatic heterocycles. The molecule has 0 saturated carbocycles. The lowest BCUT2D eigenvalue weighted by Crippen LogP contribution is -2.50. The SMILES string of the molecule is C[C@@](CN)(c1cccs1)N1CCCCC1. The summed E-state index contributed by atoms with van der Waals surface area (Å²) in [6.07, 6.45) is 4.02. The lowest BCUT2D eigenvalue weighted by molar-refractivity contribution is 0.0884. The molecule has 0 aliphatic carbocycles. The second kappa shape index (κ2) is 4.64. The largest absolute Gasteiger partial charge is 0.328 e. The monoisotopic (exact) mass is 224 g/mol. The van der Waals surface area contributed by atoms with Crippen molar-refractivity contribution in [1.82, 2.24) is 4.90 Å². The van der Waals surface area contributed by atoms with Gasteiger partial charge in [-0.1, -0.05) is 12.5 Å². The fourth-order valence-corrected chi connectivity index (χ4v) is 3.29. The highest BCUT2D eigenvalue weighted by Crippen LogP contribution is 2.32. The summed E-state index contributed by atoms with van der Waals surface area (Å²) in [5, 5.41) is 2.15. The van der Waals surface area contributed by atoms with E-state index in [-0.39, 0.29) is 5.54 Å². The Bertz CT molecular complexity index is 291. The van der Waals surface area contributed by atoms with Crippen molar-refractivity contribution in [3.8, 4) is 0 Å². The van der Waals surface area contributed by atoms with Crippen LogP contribution in [-0.4, -0.2) is 24.5 Å². The second-order valence-electron chi connectivity index (χ2n) is 4.50. The van der Waals surface area contributed by atoms with E-state index in [1.807, 2.05) is 11.3 Å². The zero-order valence-corrected chi connectivity index (χ0v) is 10.2. The van der Waals surface area contributed by atoms with Crippen molar-refractivity contribution in [2.75, 3.05) is 19.6 Å². The molecule has 0 aromatic carbocycles. The van der Waals surface area contributed by atoms with Crippen molar-refractivity contribution in [3.63, 3.8) is 0 Å². The zero-order valence-electron chi connectivity index (χ0n) is 9.41. The predicted molar refractivity (Wildman–Crippen MR) is 66.1 cm³/mol. The lowest BCUT2D eigenvalue weighted by atomic mass is 9.94. The Morgan fingerprint density at radius 3 is 2.67 bits per heavy atom. The molecule has 1 fully saturated rings. The number of piperidine rings is 1. The summed E-state index contributed by atoms with van der Waals surface area (Å²) in [6.45, 7) is 5.40. The lowest BCUT2D eigenvalue weighted by Gasteiger charge is -2.42. The number of rotatable bonds is 3. The maximum Gasteiger partial charge on any atom is 0.0648 e. The van der Waals surface area contributed by atoms with Gasteiger partial charge in [-0.15, -0.1) is 11.3 Å². The highest BCUT2D eigenvalue weighted by atomic mass is 32.1. The summed E-state index contributed by atoms with van der Waals surface area (Å²) in [7, 11) is 0. The molecule has 2 heterocycles. The minimum Gasteiger partial charge on any atom is -0.328 e. The molecule has 0 spiro atoms. The van der Waals surface area contributed by atoms with Gasteiger partial charge in [-0.25, -0.2) is 0 Å². The van der Waals surface area contributed by atoms with E-state index in [4.69, 9.17) is 5.73 Å². The van der Waals surface area contributed by atoms with E-state index in [9.17, 15) is 0 Å². The highest BCUT2D eigenvalue weighted by molar-refractivity contribution is 7.10. The molecular weight excluding hydrogens is 204 g/mol. The summed E-state index contributed by atoms with van der Waals surface area (Å²) >= 11 is 1.83. The molecule has 0 bridgehead atoms. The summed E-state index contributed by atoms with van der Waals surface area (Å²) in [4.78, 5) is 3.97. The Kier molecular flexibility index (Phi) is 3.44. The minimum absolute atomic E-state index is 0.0641. The molecule has 2 nitrogen and oxygen atoms in total. The van der Waals surface area contributed by atoms with Gasteiger partial charge in [0.25, 0.3) is 0 Å². The first-order valence-electron chi connectivity index (χ1n) is 5.76. The Morgan fingerprint density at radius 2 is 2.13 bits per heavy atom. The molecule has 1 aromatic rings. The maximum atomic E-state index is 5.99. The van der Waals surface area contributed by atoms with Gasteiger partial charge >= 0.3 is 0 Å². The van der Waals surface area contributed by atoms with E-state index < -0.39 is 0 Å². The molecule has 3 heteroatoms. The molecule has 0 unspecified atom stereocenters. The quantitative estimate of drug-likeness (QED) is 0.854. The van der Waals surface area contributed by atoms with Crippen LogP contribution in [0, 0.1) is 0 Å². The van der Waals surface area contributed by atoms with Crippen LogP contribution in [0.25, 0.3) is 0 Å². The minimum atomic E-state index is 0.0641. The number of nitrogens with two attached hydrogens (primary N) is 1. The van der Waals surface area contributed by atoms with E-state index in [0.29, 0.717) is 6.54 Å². The van der Waals surface area contributed by atoms with Crippen LogP contribution in [0.5, 0.6) is 0 Å². The van der Waals surface area contributed by atoms with Gasteiger partial charge in [-0.05, 0) is 44.3 Å². The van der Waals surface area contributed by atoms with E-state index in [2.05, 4.69) is 29.3 Å². The fourth-order valence-electron chi connectivity index (χ4n) is 2.36. The maximum absolute atomic E-state index is 5.99. The van der Waals surface area contributed by atoms with Crippen molar-refractivity contribution in [2.24, 2.45) is 5.73 Å². The molecule has 0 radical (unpaired) electrons. The van der Waals surface area contributed by atoms with Gasteiger partial charge < -0.3 is 5.73 Å². The highest BCUT2D eigenvalue weighted by Gasteiger charge is 2.33. The topological polar surface area (TPSA) is 29.3 Å². The first-order valence-corrected chi connectivity index (χ1v) is 6.64. The van der Waals surface area contributed by atoms with Crippen LogP contribution >= 0.6 is 11.3 Å². The van der Waals surface area contributed by atoms with Gasteiger partial charge in [-0.2, -0.15) is 0 Å². The van der Waals surface area contributed by atoms with E-state index in [1.165, 1.54) is 37.2 Å². The summed E-state index contributed by atoms with van der Waals surface area (Å²) in [5.74, 6) is 0. The van der Waals surface area contributed by atoms with Gasteiger partial charge in [0.1, 0.15) is 0 Å². The van der Waals surface area contributed by atoms with Gasteiger partial charge in [0.15, 0.2) is 0 Å². The predicted octanol–water partition coefficient (Wildman–Crippen LogP) is 2.41. The Morgan fingerprint density at radius 1 is 1.40 bits per heavy atom. The van der Waals surface area contributed by atoms with Crippen molar-refractivity contribution in [1.29, 1.82) is 0 Å². The molecule has 1 aromatic heterocycles. The van der Waals surface area contributed by atoms with Crippen LogP contribution in [0.2, 0.25) is 0 Å². The third-order valence-corrected chi connectivity index (χ3v) is 4.63. The van der Waals surface area contributed by atoms with E-state index in [1.54, 1.807) is 0 Å². The molecule has 1 atom stereocenters. The van der Waals surface area contributed by atoms with Crippen LogP contribution < -0.4 is 5.73 Å². The first-order chi connectivity index (χ1) is 7.27. The van der Waals surface area contributed by atoms with Crippen molar-refractivity contribution >= 4 is 11.3 Å². The number of hydrogen-bond acceptors (Lipinski definition) is 3. The number of thiophene rings is 1. The van der Waals surface area contributed by atoms with Crippen molar-refractivity contribution in [3.05, 3.63) is 22.4 Å². The molecule has 0 amide bonds. The van der Waals surface area contributed by atoms with Gasteiger partial charge in [0.05, 0.1) is 5.54 Å². The fraction of sp³-hybridized carbons (Fsp3) is 0.667. The van der Waals surface area contributed by atoms with E-state index >= 15 is 0 Å². The third kappa shape index (κ3) is 2.10. The van der Waals surface area contributed by atoms with Crippen molar-refractivity contribution < 1.29 is 0 Å². The summed E-state index contributed by atoms with van der Waals surface area (Å²) in [6, 6.07) is 4.34. The summed E-state index contributed by atoms with van der Waals surface area (Å²) in [5.41, 5.74) is 6.06. The zero-order chi connectivity index (χ0) is 10.7. The second-order valence-corrected chi connectivity index (χ2v) is 5.45. The molecule has 84 valence electrons. The molecular formula is C12H20N2S. The Balaban J connectivity index is 2.20. The molecule has 1 saturated heterocycles. The number of nitrogens with zero attached hydrogens (tertiary/aromatic N) is 1. The van der Waals surface area contributed by atoms with E-state index in [0.717, 1.165) is 0 Å². The van der Waals surface area contributed by atoms with Gasteiger partial charge in [0.2, 0.25) is 0 Å². The standard InChI is InChI=1S/C12H20N2S/c1-12(10-13,11-6-5-9-15-11)14-7-3-2-4-8-14/h5-6,9H,2-4,7-8,10,13H2,1H3/t12-/m1/s1. The van der Waals surface area contributed by atoms with Crippen molar-refractivity contribution in [2.45, 2.75) is 31.7 Å². The summed E-state index contributed by atoms with van der Waals surface area (Å²) < 4.78 is 0. The molecule has 15 heavy (non-hydrogen) atoms. The molecule has 2 N–H and O–H groups in total. The number of hydrogen-bond donors (Lipinski definition) is 1. The molecule has 2 rings (SSSR count). The van der Waals surface area contributed by atoms with Crippen LogP contribution in [0.4, 0.5) is 0 Å². The molecule has 1 aliphatic rings. The third-order valence-electron chi connectivity index (χ3n) is 3.50. The van der Waals surface area contributed by atoms with Crippen LogP contribution in [-0.2, 0) is 5.54 Å². The first kappa shape index (κ1) is 11.1. The van der Waals surface area contributed by atoms with Crippen LogP contribution in [0.1, 0.15) is 31.1 Å². The Labute approximate surface area is 96.1 Å². The normalized spacial score (nSPS) is 22.5. The Hall–Kier alpha value is -0.380. The number of likely N-dealkylation sites (tertiary alicyclic amines) is 1. The average Bonchev–Trinajstić information content (AvgIpc) is 2.83. The average molecular weight is 224 g/mol. The van der Waals surface area contributed by atoms with Gasteiger partial charge in [-0.3, -0.25) is 4.90 Å².